The van der Waals surface area contributed by atoms with Crippen LogP contribution in [0.2, 0.25) is 5.02 Å². The molecule has 0 aliphatic rings. The first-order valence-corrected chi connectivity index (χ1v) is 8.87. The van der Waals surface area contributed by atoms with E-state index in [1.807, 2.05) is 72.8 Å². The predicted octanol–water partition coefficient (Wildman–Crippen LogP) is 5.63. The highest BCUT2D eigenvalue weighted by atomic mass is 35.5. The number of ether oxygens (including phenoxy) is 2. The number of hydrogen-bond donors (Lipinski definition) is 0. The average molecular weight is 379 g/mol. The third-order valence-electron chi connectivity index (χ3n) is 4.03. The molecule has 3 rings (SSSR count). The monoisotopic (exact) mass is 378 g/mol. The highest BCUT2D eigenvalue weighted by molar-refractivity contribution is 6.31. The van der Waals surface area contributed by atoms with Crippen LogP contribution in [-0.4, -0.2) is 13.1 Å². The van der Waals surface area contributed by atoms with Gasteiger partial charge in [0, 0.05) is 10.6 Å². The van der Waals surface area contributed by atoms with Crippen molar-refractivity contribution >= 4 is 29.2 Å². The number of carbonyl (C=O) groups excluding carboxylic acids is 1. The Morgan fingerprint density at radius 3 is 2.44 bits per heavy atom. The molecule has 0 spiro atoms. The lowest BCUT2D eigenvalue weighted by Gasteiger charge is -2.10. The first kappa shape index (κ1) is 18.7. The molecular formula is C23H19ClO3. The molecule has 0 unspecified atom stereocenters. The van der Waals surface area contributed by atoms with E-state index in [4.69, 9.17) is 21.1 Å². The minimum Gasteiger partial charge on any atom is -0.497 e. The fourth-order valence-corrected chi connectivity index (χ4v) is 2.80. The van der Waals surface area contributed by atoms with E-state index in [0.717, 1.165) is 22.4 Å². The molecule has 3 aromatic carbocycles. The summed E-state index contributed by atoms with van der Waals surface area (Å²) in [5, 5.41) is 0.573. The maximum absolute atomic E-state index is 12.8. The van der Waals surface area contributed by atoms with Gasteiger partial charge in [-0.3, -0.25) is 0 Å². The van der Waals surface area contributed by atoms with E-state index < -0.39 is 5.97 Å². The van der Waals surface area contributed by atoms with Crippen molar-refractivity contribution in [3.05, 3.63) is 101 Å². The Bertz CT molecular complexity index is 949. The van der Waals surface area contributed by atoms with Gasteiger partial charge in [-0.2, -0.15) is 0 Å². The Balaban J connectivity index is 1.89. The van der Waals surface area contributed by atoms with Gasteiger partial charge in [-0.05, 0) is 35.4 Å². The van der Waals surface area contributed by atoms with Gasteiger partial charge in [0.05, 0.1) is 12.7 Å². The van der Waals surface area contributed by atoms with Crippen molar-refractivity contribution in [3.63, 3.8) is 0 Å². The van der Waals surface area contributed by atoms with E-state index in [0.29, 0.717) is 10.6 Å². The average Bonchev–Trinajstić information content (AvgIpc) is 2.72. The first-order chi connectivity index (χ1) is 13.2. The number of halogens is 1. The van der Waals surface area contributed by atoms with Crippen LogP contribution in [0.25, 0.3) is 11.6 Å². The lowest BCUT2D eigenvalue weighted by molar-refractivity contribution is -0.137. The minimum atomic E-state index is -0.413. The summed E-state index contributed by atoms with van der Waals surface area (Å²) in [6.07, 6.45) is 1.80. The Kier molecular flexibility index (Phi) is 6.29. The van der Waals surface area contributed by atoms with Gasteiger partial charge in [0.25, 0.3) is 0 Å². The molecule has 0 bridgehead atoms. The first-order valence-electron chi connectivity index (χ1n) is 8.49. The van der Waals surface area contributed by atoms with Crippen molar-refractivity contribution in [1.82, 2.24) is 0 Å². The predicted molar refractivity (Wildman–Crippen MR) is 109 cm³/mol. The van der Waals surface area contributed by atoms with Crippen LogP contribution < -0.4 is 4.74 Å². The number of hydrogen-bond acceptors (Lipinski definition) is 3. The fraction of sp³-hybridized carbons (Fsp3) is 0.0870. The van der Waals surface area contributed by atoms with Gasteiger partial charge in [-0.1, -0.05) is 72.3 Å². The summed E-state index contributed by atoms with van der Waals surface area (Å²) >= 11 is 6.15. The molecule has 3 aromatic rings. The number of methoxy groups -OCH3 is 1. The highest BCUT2D eigenvalue weighted by Crippen LogP contribution is 2.23. The summed E-state index contributed by atoms with van der Waals surface area (Å²) in [6, 6.07) is 24.2. The molecule has 0 aliphatic carbocycles. The van der Waals surface area contributed by atoms with E-state index in [-0.39, 0.29) is 6.61 Å². The van der Waals surface area contributed by atoms with Crippen molar-refractivity contribution in [2.24, 2.45) is 0 Å². The molecule has 27 heavy (non-hydrogen) atoms. The van der Waals surface area contributed by atoms with E-state index in [2.05, 4.69) is 0 Å². The summed E-state index contributed by atoms with van der Waals surface area (Å²) in [6.45, 7) is 0.112. The van der Waals surface area contributed by atoms with E-state index in [1.54, 1.807) is 19.3 Å². The van der Waals surface area contributed by atoms with Gasteiger partial charge in [-0.15, -0.1) is 0 Å². The third kappa shape index (κ3) is 4.99. The lowest BCUT2D eigenvalue weighted by atomic mass is 10.0. The van der Waals surface area contributed by atoms with Crippen LogP contribution >= 0.6 is 11.6 Å². The second-order valence-electron chi connectivity index (χ2n) is 5.87. The molecule has 0 atom stereocenters. The standard InChI is InChI=1S/C23H19ClO3/c1-26-20-12-7-8-17(14-20)15-21(18-9-3-2-4-10-18)23(25)27-16-19-11-5-6-13-22(19)24/h2-15H,16H2,1H3/b21-15+. The molecule has 0 amide bonds. The Hall–Kier alpha value is -3.04. The number of carbonyl (C=O) groups is 1. The summed E-state index contributed by atoms with van der Waals surface area (Å²) in [4.78, 5) is 12.8. The summed E-state index contributed by atoms with van der Waals surface area (Å²) in [7, 11) is 1.61. The molecular weight excluding hydrogens is 360 g/mol. The fourth-order valence-electron chi connectivity index (χ4n) is 2.61. The summed E-state index contributed by atoms with van der Waals surface area (Å²) in [5.74, 6) is 0.310. The third-order valence-corrected chi connectivity index (χ3v) is 4.39. The smallest absolute Gasteiger partial charge is 0.339 e. The molecule has 0 aliphatic heterocycles. The summed E-state index contributed by atoms with van der Waals surface area (Å²) < 4.78 is 10.8. The van der Waals surface area contributed by atoms with Crippen molar-refractivity contribution in [3.8, 4) is 5.75 Å². The molecule has 0 aromatic heterocycles. The molecule has 0 saturated carbocycles. The summed E-state index contributed by atoms with van der Waals surface area (Å²) in [5.41, 5.74) is 2.87. The zero-order valence-electron chi connectivity index (χ0n) is 14.9. The van der Waals surface area contributed by atoms with Crippen molar-refractivity contribution in [2.45, 2.75) is 6.61 Å². The largest absolute Gasteiger partial charge is 0.497 e. The second-order valence-corrected chi connectivity index (χ2v) is 6.28. The van der Waals surface area contributed by atoms with Crippen molar-refractivity contribution < 1.29 is 14.3 Å². The quantitative estimate of drug-likeness (QED) is 0.316. The minimum absolute atomic E-state index is 0.112. The molecule has 0 fully saturated rings. The molecule has 136 valence electrons. The topological polar surface area (TPSA) is 35.5 Å². The zero-order chi connectivity index (χ0) is 19.1. The maximum Gasteiger partial charge on any atom is 0.339 e. The molecule has 3 nitrogen and oxygen atoms in total. The molecule has 0 heterocycles. The van der Waals surface area contributed by atoms with Crippen LogP contribution in [0.1, 0.15) is 16.7 Å². The highest BCUT2D eigenvalue weighted by Gasteiger charge is 2.15. The molecule has 0 radical (unpaired) electrons. The normalized spacial score (nSPS) is 11.1. The van der Waals surface area contributed by atoms with Gasteiger partial charge in [0.2, 0.25) is 0 Å². The van der Waals surface area contributed by atoms with Crippen LogP contribution in [-0.2, 0) is 16.1 Å². The van der Waals surface area contributed by atoms with Crippen LogP contribution in [0.4, 0.5) is 0 Å². The zero-order valence-corrected chi connectivity index (χ0v) is 15.6. The van der Waals surface area contributed by atoms with E-state index in [9.17, 15) is 4.79 Å². The van der Waals surface area contributed by atoms with Gasteiger partial charge >= 0.3 is 5.97 Å². The SMILES string of the molecule is COc1cccc(/C=C(/C(=O)OCc2ccccc2Cl)c2ccccc2)c1. The second kappa shape index (κ2) is 9.06. The van der Waals surface area contributed by atoms with Gasteiger partial charge in [0.1, 0.15) is 12.4 Å². The Morgan fingerprint density at radius 1 is 0.963 bits per heavy atom. The van der Waals surface area contributed by atoms with Crippen LogP contribution in [0.5, 0.6) is 5.75 Å². The van der Waals surface area contributed by atoms with Gasteiger partial charge in [0.15, 0.2) is 0 Å². The van der Waals surface area contributed by atoms with Gasteiger partial charge in [-0.25, -0.2) is 4.79 Å². The number of esters is 1. The molecule has 4 heteroatoms. The van der Waals surface area contributed by atoms with Crippen molar-refractivity contribution in [2.75, 3.05) is 7.11 Å². The maximum atomic E-state index is 12.8. The number of rotatable bonds is 6. The Morgan fingerprint density at radius 2 is 1.70 bits per heavy atom. The van der Waals surface area contributed by atoms with Crippen LogP contribution in [0, 0.1) is 0 Å². The van der Waals surface area contributed by atoms with Gasteiger partial charge < -0.3 is 9.47 Å². The van der Waals surface area contributed by atoms with E-state index >= 15 is 0 Å². The number of benzene rings is 3. The molecule has 0 N–H and O–H groups in total. The lowest BCUT2D eigenvalue weighted by Crippen LogP contribution is -2.07. The van der Waals surface area contributed by atoms with Crippen molar-refractivity contribution in [1.29, 1.82) is 0 Å². The van der Waals surface area contributed by atoms with Crippen LogP contribution in [0.3, 0.4) is 0 Å². The Labute approximate surface area is 163 Å². The van der Waals surface area contributed by atoms with Crippen LogP contribution in [0.15, 0.2) is 78.9 Å². The van der Waals surface area contributed by atoms with E-state index in [1.165, 1.54) is 0 Å². The molecule has 0 saturated heterocycles.